The fourth-order valence-corrected chi connectivity index (χ4v) is 3.43. The zero-order valence-corrected chi connectivity index (χ0v) is 17.8. The van der Waals surface area contributed by atoms with Crippen molar-refractivity contribution in [3.63, 3.8) is 0 Å². The van der Waals surface area contributed by atoms with Gasteiger partial charge in [0.05, 0.1) is 18.5 Å². The molecule has 6 heteroatoms. The van der Waals surface area contributed by atoms with Crippen LogP contribution in [0.25, 0.3) is 11.3 Å². The Hall–Kier alpha value is -2.18. The molecule has 0 saturated carbocycles. The van der Waals surface area contributed by atoms with Crippen molar-refractivity contribution >= 4 is 38.6 Å². The molecule has 140 valence electrons. The number of hydrazone groups is 1. The zero-order chi connectivity index (χ0) is 19.1. The van der Waals surface area contributed by atoms with Gasteiger partial charge in [0.15, 0.2) is 0 Å². The maximum Gasteiger partial charge on any atom is 0.203 e. The molecule has 0 spiro atoms. The highest BCUT2D eigenvalue weighted by Crippen LogP contribution is 2.25. The van der Waals surface area contributed by atoms with Crippen LogP contribution in [0.5, 0.6) is 5.75 Å². The fourth-order valence-electron chi connectivity index (χ4n) is 2.38. The number of hydrogen-bond acceptors (Lipinski definition) is 5. The van der Waals surface area contributed by atoms with Gasteiger partial charge in [-0.1, -0.05) is 60.1 Å². The summed E-state index contributed by atoms with van der Waals surface area (Å²) in [5.74, 6) is 1.44. The van der Waals surface area contributed by atoms with E-state index in [9.17, 15) is 0 Å². The van der Waals surface area contributed by atoms with Crippen LogP contribution in [0, 0.1) is 5.92 Å². The van der Waals surface area contributed by atoms with Crippen LogP contribution in [0.3, 0.4) is 0 Å². The quantitative estimate of drug-likeness (QED) is 0.321. The number of aromatic nitrogens is 1. The summed E-state index contributed by atoms with van der Waals surface area (Å²) in [5.41, 5.74) is 5.97. The zero-order valence-electron chi connectivity index (χ0n) is 15.4. The summed E-state index contributed by atoms with van der Waals surface area (Å²) >= 11 is 5.03. The lowest BCUT2D eigenvalue weighted by atomic mass is 10.1. The van der Waals surface area contributed by atoms with Gasteiger partial charge < -0.3 is 4.74 Å². The Morgan fingerprint density at radius 2 is 2.04 bits per heavy atom. The van der Waals surface area contributed by atoms with Gasteiger partial charge in [0.25, 0.3) is 0 Å². The highest BCUT2D eigenvalue weighted by atomic mass is 79.9. The lowest BCUT2D eigenvalue weighted by molar-refractivity contribution is 0.289. The monoisotopic (exact) mass is 443 g/mol. The number of rotatable bonds is 8. The molecule has 3 aromatic rings. The van der Waals surface area contributed by atoms with E-state index in [0.29, 0.717) is 12.5 Å². The molecular formula is C21H22BrN3OS. The normalized spacial score (nSPS) is 11.3. The minimum atomic E-state index is 0.614. The van der Waals surface area contributed by atoms with E-state index in [1.54, 1.807) is 6.21 Å². The van der Waals surface area contributed by atoms with Gasteiger partial charge in [-0.05, 0) is 30.5 Å². The summed E-state index contributed by atoms with van der Waals surface area (Å²) in [6, 6.07) is 16.0. The van der Waals surface area contributed by atoms with E-state index in [0.717, 1.165) is 38.6 Å². The molecule has 27 heavy (non-hydrogen) atoms. The lowest BCUT2D eigenvalue weighted by Gasteiger charge is -2.10. The smallest absolute Gasteiger partial charge is 0.203 e. The Bertz CT molecular complexity index is 893. The SMILES string of the molecule is CC(C)CCOc1ccc(Br)cc1C=NNc1nc(-c2ccccc2)cs1. The maximum atomic E-state index is 5.91. The second-order valence-corrected chi connectivity index (χ2v) is 8.26. The fraction of sp³-hybridized carbons (Fsp3) is 0.238. The number of ether oxygens (including phenoxy) is 1. The first-order valence-electron chi connectivity index (χ1n) is 8.84. The first-order valence-corrected chi connectivity index (χ1v) is 10.5. The minimum absolute atomic E-state index is 0.614. The van der Waals surface area contributed by atoms with Gasteiger partial charge in [0.1, 0.15) is 5.75 Å². The number of hydrogen-bond donors (Lipinski definition) is 1. The molecule has 3 rings (SSSR count). The predicted molar refractivity (Wildman–Crippen MR) is 118 cm³/mol. The summed E-state index contributed by atoms with van der Waals surface area (Å²) in [4.78, 5) is 4.57. The van der Waals surface area contributed by atoms with Gasteiger partial charge in [0, 0.05) is 21.0 Å². The third-order valence-electron chi connectivity index (χ3n) is 3.86. The number of halogens is 1. The Kier molecular flexibility index (Phi) is 7.01. The molecule has 0 aliphatic heterocycles. The molecule has 0 amide bonds. The van der Waals surface area contributed by atoms with Crippen LogP contribution < -0.4 is 10.2 Å². The Balaban J connectivity index is 1.66. The van der Waals surface area contributed by atoms with Gasteiger partial charge in [-0.3, -0.25) is 5.43 Å². The van der Waals surface area contributed by atoms with Crippen molar-refractivity contribution in [1.29, 1.82) is 0 Å². The van der Waals surface area contributed by atoms with Crippen LogP contribution in [0.15, 0.2) is 63.5 Å². The largest absolute Gasteiger partial charge is 0.493 e. The van der Waals surface area contributed by atoms with E-state index < -0.39 is 0 Å². The van der Waals surface area contributed by atoms with Crippen LogP contribution in [0.2, 0.25) is 0 Å². The third-order valence-corrected chi connectivity index (χ3v) is 5.10. The first kappa shape index (κ1) is 19.6. The molecule has 2 aromatic carbocycles. The van der Waals surface area contributed by atoms with Crippen molar-refractivity contribution < 1.29 is 4.74 Å². The first-order chi connectivity index (χ1) is 13.1. The molecule has 0 aliphatic carbocycles. The molecule has 0 atom stereocenters. The number of nitrogens with zero attached hydrogens (tertiary/aromatic N) is 2. The van der Waals surface area contributed by atoms with Crippen molar-refractivity contribution in [1.82, 2.24) is 4.98 Å². The minimum Gasteiger partial charge on any atom is -0.493 e. The molecule has 1 heterocycles. The van der Waals surface area contributed by atoms with Gasteiger partial charge in [0.2, 0.25) is 5.13 Å². The van der Waals surface area contributed by atoms with Crippen molar-refractivity contribution in [3.05, 3.63) is 63.9 Å². The highest BCUT2D eigenvalue weighted by Gasteiger charge is 2.05. The number of nitrogens with one attached hydrogen (secondary N) is 1. The van der Waals surface area contributed by atoms with Gasteiger partial charge >= 0.3 is 0 Å². The Morgan fingerprint density at radius 1 is 1.22 bits per heavy atom. The predicted octanol–water partition coefficient (Wildman–Crippen LogP) is 6.44. The molecule has 0 unspecified atom stereocenters. The van der Waals surface area contributed by atoms with Gasteiger partial charge in [-0.25, -0.2) is 4.98 Å². The van der Waals surface area contributed by atoms with Crippen LogP contribution in [-0.2, 0) is 0 Å². The molecule has 0 saturated heterocycles. The second-order valence-electron chi connectivity index (χ2n) is 6.49. The van der Waals surface area contributed by atoms with E-state index in [1.165, 1.54) is 11.3 Å². The molecular weight excluding hydrogens is 422 g/mol. The summed E-state index contributed by atoms with van der Waals surface area (Å²) in [5, 5.41) is 7.11. The summed E-state index contributed by atoms with van der Waals surface area (Å²) in [6.07, 6.45) is 2.78. The third kappa shape index (κ3) is 5.91. The average Bonchev–Trinajstić information content (AvgIpc) is 3.13. The highest BCUT2D eigenvalue weighted by molar-refractivity contribution is 9.10. The standard InChI is InChI=1S/C21H22BrN3OS/c1-15(2)10-11-26-20-9-8-18(22)12-17(20)13-23-25-21-24-19(14-27-21)16-6-4-3-5-7-16/h3-9,12-15H,10-11H2,1-2H3,(H,24,25). The Labute approximate surface area is 172 Å². The lowest BCUT2D eigenvalue weighted by Crippen LogP contribution is -2.03. The average molecular weight is 444 g/mol. The molecule has 0 bridgehead atoms. The maximum absolute atomic E-state index is 5.91. The number of anilines is 1. The number of thiazole rings is 1. The van der Waals surface area contributed by atoms with Crippen molar-refractivity contribution in [2.45, 2.75) is 20.3 Å². The topological polar surface area (TPSA) is 46.5 Å². The number of benzene rings is 2. The van der Waals surface area contributed by atoms with E-state index >= 15 is 0 Å². The van der Waals surface area contributed by atoms with Crippen LogP contribution in [0.4, 0.5) is 5.13 Å². The van der Waals surface area contributed by atoms with Crippen molar-refractivity contribution in [3.8, 4) is 17.0 Å². The summed E-state index contributed by atoms with van der Waals surface area (Å²) in [6.45, 7) is 5.07. The summed E-state index contributed by atoms with van der Waals surface area (Å²) in [7, 11) is 0. The van der Waals surface area contributed by atoms with Gasteiger partial charge in [-0.2, -0.15) is 5.10 Å². The van der Waals surface area contributed by atoms with E-state index in [4.69, 9.17) is 4.74 Å². The molecule has 4 nitrogen and oxygen atoms in total. The molecule has 1 aromatic heterocycles. The summed E-state index contributed by atoms with van der Waals surface area (Å²) < 4.78 is 6.90. The van der Waals surface area contributed by atoms with Crippen LogP contribution in [0.1, 0.15) is 25.8 Å². The van der Waals surface area contributed by atoms with Gasteiger partial charge in [-0.15, -0.1) is 11.3 Å². The molecule has 1 N–H and O–H groups in total. The van der Waals surface area contributed by atoms with E-state index in [2.05, 4.69) is 45.3 Å². The molecule has 0 aliphatic rings. The van der Waals surface area contributed by atoms with Crippen LogP contribution >= 0.6 is 27.3 Å². The molecule has 0 fully saturated rings. The van der Waals surface area contributed by atoms with E-state index in [-0.39, 0.29) is 0 Å². The van der Waals surface area contributed by atoms with Crippen molar-refractivity contribution in [2.24, 2.45) is 11.0 Å². The van der Waals surface area contributed by atoms with E-state index in [1.807, 2.05) is 53.9 Å². The Morgan fingerprint density at radius 3 is 2.81 bits per heavy atom. The molecule has 0 radical (unpaired) electrons. The van der Waals surface area contributed by atoms with Crippen molar-refractivity contribution in [2.75, 3.05) is 12.0 Å². The second kappa shape index (κ2) is 9.67. The van der Waals surface area contributed by atoms with Crippen LogP contribution in [-0.4, -0.2) is 17.8 Å².